The molecule has 0 unspecified atom stereocenters. The average Bonchev–Trinajstić information content (AvgIpc) is 2.41. The Morgan fingerprint density at radius 3 is 2.45 bits per heavy atom. The average molecular weight is 277 g/mol. The van der Waals surface area contributed by atoms with E-state index in [9.17, 15) is 8.78 Å². The van der Waals surface area contributed by atoms with Gasteiger partial charge in [0.15, 0.2) is 11.6 Å². The monoisotopic (exact) mass is 277 g/mol. The van der Waals surface area contributed by atoms with Crippen LogP contribution in [0.2, 0.25) is 0 Å². The Kier molecular flexibility index (Phi) is 3.93. The highest BCUT2D eigenvalue weighted by Gasteiger charge is 2.15. The Bertz CT molecular complexity index is 639. The van der Waals surface area contributed by atoms with Gasteiger partial charge >= 0.3 is 0 Å². The van der Waals surface area contributed by atoms with Crippen LogP contribution in [0.4, 0.5) is 14.5 Å². The van der Waals surface area contributed by atoms with Gasteiger partial charge in [0.2, 0.25) is 5.82 Å². The second-order valence-electron chi connectivity index (χ2n) is 5.06. The van der Waals surface area contributed by atoms with Crippen LogP contribution in [0.25, 0.3) is 0 Å². The van der Waals surface area contributed by atoms with Gasteiger partial charge in [-0.05, 0) is 42.2 Å². The summed E-state index contributed by atoms with van der Waals surface area (Å²) in [6.45, 7) is 5.93. The first-order valence-corrected chi connectivity index (χ1v) is 6.42. The predicted molar refractivity (Wildman–Crippen MR) is 76.1 cm³/mol. The largest absolute Gasteiger partial charge is 0.452 e. The Morgan fingerprint density at radius 2 is 1.80 bits per heavy atom. The van der Waals surface area contributed by atoms with Gasteiger partial charge in [-0.25, -0.2) is 4.39 Å². The molecule has 0 saturated carbocycles. The van der Waals surface area contributed by atoms with Crippen LogP contribution in [0.15, 0.2) is 30.3 Å². The minimum Gasteiger partial charge on any atom is -0.452 e. The molecule has 0 aliphatic heterocycles. The molecule has 0 spiro atoms. The summed E-state index contributed by atoms with van der Waals surface area (Å²) in [4.78, 5) is 0. The van der Waals surface area contributed by atoms with Crippen molar-refractivity contribution in [2.24, 2.45) is 0 Å². The SMILES string of the molecule is Cc1ccc(C(C)C)cc1Oc1c(N)ccc(F)c1F. The fraction of sp³-hybridized carbons (Fsp3) is 0.250. The fourth-order valence-electron chi connectivity index (χ4n) is 1.85. The summed E-state index contributed by atoms with van der Waals surface area (Å²) in [5.41, 5.74) is 7.61. The molecule has 0 aromatic heterocycles. The van der Waals surface area contributed by atoms with Gasteiger partial charge < -0.3 is 10.5 Å². The number of anilines is 1. The summed E-state index contributed by atoms with van der Waals surface area (Å²) >= 11 is 0. The molecule has 2 aromatic carbocycles. The zero-order chi connectivity index (χ0) is 14.9. The van der Waals surface area contributed by atoms with Gasteiger partial charge in [0, 0.05) is 0 Å². The zero-order valence-electron chi connectivity index (χ0n) is 11.7. The second kappa shape index (κ2) is 5.49. The summed E-state index contributed by atoms with van der Waals surface area (Å²) in [5.74, 6) is -1.53. The molecule has 2 rings (SSSR count). The number of ether oxygens (including phenoxy) is 1. The molecule has 2 aromatic rings. The lowest BCUT2D eigenvalue weighted by molar-refractivity contribution is 0.416. The number of benzene rings is 2. The van der Waals surface area contributed by atoms with Crippen molar-refractivity contribution in [1.82, 2.24) is 0 Å². The van der Waals surface area contributed by atoms with E-state index in [4.69, 9.17) is 10.5 Å². The summed E-state index contributed by atoms with van der Waals surface area (Å²) < 4.78 is 32.5. The number of hydrogen-bond donors (Lipinski definition) is 1. The van der Waals surface area contributed by atoms with Gasteiger partial charge in [-0.2, -0.15) is 4.39 Å². The van der Waals surface area contributed by atoms with Crippen LogP contribution in [0.1, 0.15) is 30.9 Å². The van der Waals surface area contributed by atoms with E-state index in [2.05, 4.69) is 0 Å². The first kappa shape index (κ1) is 14.3. The molecule has 0 fully saturated rings. The Morgan fingerprint density at radius 1 is 1.10 bits per heavy atom. The summed E-state index contributed by atoms with van der Waals surface area (Å²) in [6.07, 6.45) is 0. The number of nitrogen functional groups attached to an aromatic ring is 1. The van der Waals surface area contributed by atoms with Crippen LogP contribution in [0.3, 0.4) is 0 Å². The molecule has 0 atom stereocenters. The van der Waals surface area contributed by atoms with Crippen molar-refractivity contribution in [3.8, 4) is 11.5 Å². The number of nitrogens with two attached hydrogens (primary N) is 1. The Balaban J connectivity index is 2.45. The van der Waals surface area contributed by atoms with Crippen molar-refractivity contribution >= 4 is 5.69 Å². The molecule has 0 radical (unpaired) electrons. The van der Waals surface area contributed by atoms with E-state index in [-0.39, 0.29) is 11.4 Å². The van der Waals surface area contributed by atoms with Crippen molar-refractivity contribution in [3.05, 3.63) is 53.1 Å². The fourth-order valence-corrected chi connectivity index (χ4v) is 1.85. The topological polar surface area (TPSA) is 35.2 Å². The van der Waals surface area contributed by atoms with E-state index >= 15 is 0 Å². The van der Waals surface area contributed by atoms with Crippen molar-refractivity contribution in [2.75, 3.05) is 5.73 Å². The van der Waals surface area contributed by atoms with Crippen LogP contribution in [-0.4, -0.2) is 0 Å². The molecule has 4 heteroatoms. The minimum absolute atomic E-state index is 0.0678. The molecule has 0 saturated heterocycles. The molecule has 106 valence electrons. The van der Waals surface area contributed by atoms with Crippen molar-refractivity contribution in [2.45, 2.75) is 26.7 Å². The normalized spacial score (nSPS) is 10.9. The van der Waals surface area contributed by atoms with Crippen LogP contribution in [0, 0.1) is 18.6 Å². The second-order valence-corrected chi connectivity index (χ2v) is 5.06. The van der Waals surface area contributed by atoms with Gasteiger partial charge in [-0.3, -0.25) is 0 Å². The molecular formula is C16H17F2NO. The molecular weight excluding hydrogens is 260 g/mol. The standard InChI is InChI=1S/C16H17F2NO/c1-9(2)11-5-4-10(3)14(8-11)20-16-13(19)7-6-12(17)15(16)18/h4-9H,19H2,1-3H3. The lowest BCUT2D eigenvalue weighted by Crippen LogP contribution is -1.99. The van der Waals surface area contributed by atoms with Gasteiger partial charge in [-0.1, -0.05) is 26.0 Å². The molecule has 0 aliphatic rings. The lowest BCUT2D eigenvalue weighted by Gasteiger charge is -2.14. The Labute approximate surface area is 117 Å². The van der Waals surface area contributed by atoms with Gasteiger partial charge in [0.1, 0.15) is 5.75 Å². The quantitative estimate of drug-likeness (QED) is 0.820. The number of rotatable bonds is 3. The third kappa shape index (κ3) is 2.74. The number of halogens is 2. The highest BCUT2D eigenvalue weighted by atomic mass is 19.2. The van der Waals surface area contributed by atoms with Crippen LogP contribution < -0.4 is 10.5 Å². The van der Waals surface area contributed by atoms with Gasteiger partial charge in [0.05, 0.1) is 5.69 Å². The molecule has 0 aliphatic carbocycles. The highest BCUT2D eigenvalue weighted by Crippen LogP contribution is 2.34. The number of hydrogen-bond acceptors (Lipinski definition) is 2. The van der Waals surface area contributed by atoms with E-state index in [1.165, 1.54) is 6.07 Å². The van der Waals surface area contributed by atoms with E-state index in [0.29, 0.717) is 11.7 Å². The van der Waals surface area contributed by atoms with E-state index in [1.807, 2.05) is 39.0 Å². The van der Waals surface area contributed by atoms with Crippen molar-refractivity contribution in [1.29, 1.82) is 0 Å². The first-order valence-electron chi connectivity index (χ1n) is 6.42. The molecule has 2 nitrogen and oxygen atoms in total. The third-order valence-corrected chi connectivity index (χ3v) is 3.17. The van der Waals surface area contributed by atoms with Crippen molar-refractivity contribution < 1.29 is 13.5 Å². The van der Waals surface area contributed by atoms with Gasteiger partial charge in [-0.15, -0.1) is 0 Å². The molecule has 0 heterocycles. The maximum Gasteiger partial charge on any atom is 0.203 e. The van der Waals surface area contributed by atoms with Crippen LogP contribution in [-0.2, 0) is 0 Å². The lowest BCUT2D eigenvalue weighted by atomic mass is 10.0. The van der Waals surface area contributed by atoms with Gasteiger partial charge in [0.25, 0.3) is 0 Å². The molecule has 2 N–H and O–H groups in total. The van der Waals surface area contributed by atoms with E-state index in [1.54, 1.807) is 0 Å². The maximum atomic E-state index is 13.8. The third-order valence-electron chi connectivity index (χ3n) is 3.17. The maximum absolute atomic E-state index is 13.8. The highest BCUT2D eigenvalue weighted by molar-refractivity contribution is 5.55. The molecule has 0 amide bonds. The molecule has 20 heavy (non-hydrogen) atoms. The summed E-state index contributed by atoms with van der Waals surface area (Å²) in [6, 6.07) is 7.96. The Hall–Kier alpha value is -2.10. The number of aryl methyl sites for hydroxylation is 1. The summed E-state index contributed by atoms with van der Waals surface area (Å²) in [7, 11) is 0. The van der Waals surface area contributed by atoms with Crippen molar-refractivity contribution in [3.63, 3.8) is 0 Å². The van der Waals surface area contributed by atoms with Crippen LogP contribution in [0.5, 0.6) is 11.5 Å². The van der Waals surface area contributed by atoms with E-state index < -0.39 is 11.6 Å². The zero-order valence-corrected chi connectivity index (χ0v) is 11.7. The smallest absolute Gasteiger partial charge is 0.203 e. The first-order chi connectivity index (χ1) is 9.40. The molecule has 0 bridgehead atoms. The summed E-state index contributed by atoms with van der Waals surface area (Å²) in [5, 5.41) is 0. The minimum atomic E-state index is -1.07. The van der Waals surface area contributed by atoms with Crippen LogP contribution >= 0.6 is 0 Å². The predicted octanol–water partition coefficient (Wildman–Crippen LogP) is 4.77. The van der Waals surface area contributed by atoms with E-state index in [0.717, 1.165) is 17.2 Å².